The van der Waals surface area contributed by atoms with Crippen LogP contribution in [0.5, 0.6) is 0 Å². The molecule has 1 aromatic rings. The molecule has 0 N–H and O–H groups in total. The lowest BCUT2D eigenvalue weighted by Gasteiger charge is -2.23. The average molecular weight is 293 g/mol. The van der Waals surface area contributed by atoms with Gasteiger partial charge in [0.15, 0.2) is 0 Å². The Hall–Kier alpha value is -2.11. The van der Waals surface area contributed by atoms with Crippen molar-refractivity contribution in [2.45, 2.75) is 20.8 Å². The molecular weight excluding hydrogens is 270 g/mol. The third-order valence-corrected chi connectivity index (χ3v) is 3.31. The molecule has 0 saturated heterocycles. The van der Waals surface area contributed by atoms with E-state index in [1.165, 1.54) is 7.11 Å². The molecule has 6 nitrogen and oxygen atoms in total. The minimum absolute atomic E-state index is 0.101. The van der Waals surface area contributed by atoms with Crippen molar-refractivity contribution < 1.29 is 14.3 Å². The first-order valence-electron chi connectivity index (χ1n) is 7.14. The van der Waals surface area contributed by atoms with Gasteiger partial charge in [0, 0.05) is 31.5 Å². The molecule has 0 aliphatic heterocycles. The van der Waals surface area contributed by atoms with Crippen LogP contribution in [0.1, 0.15) is 31.3 Å². The summed E-state index contributed by atoms with van der Waals surface area (Å²) in [5, 5.41) is 0. The predicted octanol–water partition coefficient (Wildman–Crippen LogP) is 1.56. The van der Waals surface area contributed by atoms with Gasteiger partial charge in [-0.3, -0.25) is 14.6 Å². The van der Waals surface area contributed by atoms with Crippen molar-refractivity contribution in [3.8, 4) is 0 Å². The molecule has 1 heterocycles. The zero-order chi connectivity index (χ0) is 15.8. The van der Waals surface area contributed by atoms with Crippen molar-refractivity contribution in [2.24, 2.45) is 0 Å². The number of carbonyl (C=O) groups is 2. The zero-order valence-corrected chi connectivity index (χ0v) is 13.1. The molecule has 1 aromatic heterocycles. The van der Waals surface area contributed by atoms with E-state index >= 15 is 0 Å². The van der Waals surface area contributed by atoms with Crippen LogP contribution in [-0.2, 0) is 9.53 Å². The Labute approximate surface area is 125 Å². The summed E-state index contributed by atoms with van der Waals surface area (Å²) < 4.78 is 4.68. The molecule has 21 heavy (non-hydrogen) atoms. The van der Waals surface area contributed by atoms with Crippen LogP contribution in [0.3, 0.4) is 0 Å². The number of pyridine rings is 1. The molecule has 0 fully saturated rings. The lowest BCUT2D eigenvalue weighted by Crippen LogP contribution is -2.32. The number of hydrogen-bond acceptors (Lipinski definition) is 5. The summed E-state index contributed by atoms with van der Waals surface area (Å²) in [4.78, 5) is 31.4. The number of esters is 1. The maximum Gasteiger partial charge on any atom is 0.325 e. The fourth-order valence-corrected chi connectivity index (χ4v) is 2.01. The lowest BCUT2D eigenvalue weighted by molar-refractivity contribution is -0.138. The van der Waals surface area contributed by atoms with Crippen molar-refractivity contribution in [3.05, 3.63) is 24.0 Å². The van der Waals surface area contributed by atoms with Gasteiger partial charge in [0.1, 0.15) is 12.2 Å². The van der Waals surface area contributed by atoms with E-state index in [1.807, 2.05) is 25.7 Å². The first kappa shape index (κ1) is 16.9. The van der Waals surface area contributed by atoms with E-state index in [-0.39, 0.29) is 18.4 Å². The van der Waals surface area contributed by atoms with Crippen LogP contribution in [0.2, 0.25) is 0 Å². The van der Waals surface area contributed by atoms with Crippen LogP contribution in [0, 0.1) is 0 Å². The highest BCUT2D eigenvalue weighted by Crippen LogP contribution is 2.15. The molecular formula is C15H23N3O3. The highest BCUT2D eigenvalue weighted by Gasteiger charge is 2.16. The Kier molecular flexibility index (Phi) is 6.65. The number of anilines is 1. The van der Waals surface area contributed by atoms with Gasteiger partial charge in [-0.1, -0.05) is 0 Å². The van der Waals surface area contributed by atoms with Gasteiger partial charge in [-0.05, 0) is 32.9 Å². The fraction of sp³-hybridized carbons (Fsp3) is 0.533. The maximum atomic E-state index is 12.3. The van der Waals surface area contributed by atoms with Crippen LogP contribution in [0.15, 0.2) is 18.3 Å². The van der Waals surface area contributed by atoms with Crippen LogP contribution in [-0.4, -0.2) is 55.0 Å². The number of hydrogen-bond donors (Lipinski definition) is 0. The molecule has 0 atom stereocenters. The summed E-state index contributed by atoms with van der Waals surface area (Å²) in [6, 6.07) is 3.50. The smallest absolute Gasteiger partial charge is 0.325 e. The Morgan fingerprint density at radius 3 is 2.38 bits per heavy atom. The van der Waals surface area contributed by atoms with Crippen molar-refractivity contribution in [3.63, 3.8) is 0 Å². The highest BCUT2D eigenvalue weighted by molar-refractivity contribution is 5.93. The van der Waals surface area contributed by atoms with E-state index in [1.54, 1.807) is 23.2 Å². The average Bonchev–Trinajstić information content (AvgIpc) is 2.53. The van der Waals surface area contributed by atoms with Gasteiger partial charge in [-0.25, -0.2) is 0 Å². The molecule has 0 saturated carbocycles. The molecule has 0 unspecified atom stereocenters. The van der Waals surface area contributed by atoms with E-state index in [9.17, 15) is 9.59 Å². The van der Waals surface area contributed by atoms with E-state index in [0.29, 0.717) is 25.3 Å². The molecule has 0 aromatic carbocycles. The fourth-order valence-electron chi connectivity index (χ4n) is 2.01. The normalized spacial score (nSPS) is 10.1. The first-order valence-corrected chi connectivity index (χ1v) is 7.14. The van der Waals surface area contributed by atoms with Gasteiger partial charge in [-0.15, -0.1) is 0 Å². The SMILES string of the molecule is CCN(CC)C(=O)c1cc(N(CC)CC(=O)OC)ccn1. The summed E-state index contributed by atoms with van der Waals surface area (Å²) in [6.07, 6.45) is 1.59. The second-order valence-corrected chi connectivity index (χ2v) is 4.47. The third kappa shape index (κ3) is 4.44. The number of aromatic nitrogens is 1. The number of rotatable bonds is 7. The van der Waals surface area contributed by atoms with Gasteiger partial charge in [0.25, 0.3) is 5.91 Å². The number of methoxy groups -OCH3 is 1. The summed E-state index contributed by atoms with van der Waals surface area (Å²) in [7, 11) is 1.36. The summed E-state index contributed by atoms with van der Waals surface area (Å²) in [5.41, 5.74) is 1.17. The zero-order valence-electron chi connectivity index (χ0n) is 13.1. The molecule has 0 aliphatic carbocycles. The summed E-state index contributed by atoms with van der Waals surface area (Å²) in [5.74, 6) is -0.416. The van der Waals surface area contributed by atoms with Gasteiger partial charge >= 0.3 is 5.97 Å². The minimum Gasteiger partial charge on any atom is -0.468 e. The van der Waals surface area contributed by atoms with Crippen molar-refractivity contribution in [1.82, 2.24) is 9.88 Å². The van der Waals surface area contributed by atoms with Crippen molar-refractivity contribution >= 4 is 17.6 Å². The quantitative estimate of drug-likeness (QED) is 0.714. The number of carbonyl (C=O) groups excluding carboxylic acids is 2. The van der Waals surface area contributed by atoms with Gasteiger partial charge in [0.05, 0.1) is 7.11 Å². The third-order valence-electron chi connectivity index (χ3n) is 3.31. The van der Waals surface area contributed by atoms with Crippen LogP contribution < -0.4 is 4.90 Å². The monoisotopic (exact) mass is 293 g/mol. The maximum absolute atomic E-state index is 12.3. The molecule has 116 valence electrons. The number of ether oxygens (including phenoxy) is 1. The van der Waals surface area contributed by atoms with E-state index in [0.717, 1.165) is 5.69 Å². The van der Waals surface area contributed by atoms with Gasteiger partial charge < -0.3 is 14.5 Å². The molecule has 0 aliphatic rings. The van der Waals surface area contributed by atoms with E-state index < -0.39 is 0 Å². The minimum atomic E-state index is -0.315. The Morgan fingerprint density at radius 2 is 1.86 bits per heavy atom. The Balaban J connectivity index is 2.98. The molecule has 1 amide bonds. The van der Waals surface area contributed by atoms with Crippen molar-refractivity contribution in [1.29, 1.82) is 0 Å². The molecule has 1 rings (SSSR count). The summed E-state index contributed by atoms with van der Waals surface area (Å²) in [6.45, 7) is 7.87. The van der Waals surface area contributed by atoms with Crippen LogP contribution in [0.4, 0.5) is 5.69 Å². The van der Waals surface area contributed by atoms with Gasteiger partial charge in [0.2, 0.25) is 0 Å². The van der Waals surface area contributed by atoms with Crippen LogP contribution >= 0.6 is 0 Å². The van der Waals surface area contributed by atoms with Crippen LogP contribution in [0.25, 0.3) is 0 Å². The second kappa shape index (κ2) is 8.24. The highest BCUT2D eigenvalue weighted by atomic mass is 16.5. The van der Waals surface area contributed by atoms with E-state index in [2.05, 4.69) is 9.72 Å². The Morgan fingerprint density at radius 1 is 1.19 bits per heavy atom. The first-order chi connectivity index (χ1) is 10.1. The van der Waals surface area contributed by atoms with E-state index in [4.69, 9.17) is 0 Å². The molecule has 6 heteroatoms. The Bertz CT molecular complexity index is 487. The number of amides is 1. The summed E-state index contributed by atoms with van der Waals surface area (Å²) >= 11 is 0. The number of nitrogens with zero attached hydrogens (tertiary/aromatic N) is 3. The van der Waals surface area contributed by atoms with Gasteiger partial charge in [-0.2, -0.15) is 0 Å². The second-order valence-electron chi connectivity index (χ2n) is 4.47. The predicted molar refractivity (Wildman–Crippen MR) is 81.4 cm³/mol. The molecule has 0 spiro atoms. The molecule has 0 radical (unpaired) electrons. The lowest BCUT2D eigenvalue weighted by atomic mass is 10.2. The number of likely N-dealkylation sites (N-methyl/N-ethyl adjacent to an activating group) is 1. The largest absolute Gasteiger partial charge is 0.468 e. The van der Waals surface area contributed by atoms with Crippen molar-refractivity contribution in [2.75, 3.05) is 38.2 Å². The molecule has 0 bridgehead atoms. The topological polar surface area (TPSA) is 62.7 Å². The standard InChI is InChI=1S/C15H23N3O3/c1-5-17(6-2)15(20)13-10-12(8-9-16-13)18(7-3)11-14(19)21-4/h8-10H,5-7,11H2,1-4H3.